The molecule has 214 valence electrons. The molecular weight excluding hydrogens is 488 g/mol. The largest absolute Gasteiger partial charge is 0.462 e. The average Bonchev–Trinajstić information content (AvgIpc) is 2.95. The smallest absolute Gasteiger partial charge is 0.335 e. The van der Waals surface area contributed by atoms with Gasteiger partial charge in [-0.1, -0.05) is 74.9 Å². The normalized spacial score (nSPS) is 24.2. The number of hydrogen-bond acceptors (Lipinski definition) is 4. The third-order valence-corrected chi connectivity index (χ3v) is 12.8. The van der Waals surface area contributed by atoms with Crippen molar-refractivity contribution in [2.24, 2.45) is 11.8 Å². The Balaban J connectivity index is 1.28. The highest BCUT2D eigenvalue weighted by atomic mass is 28.3. The summed E-state index contributed by atoms with van der Waals surface area (Å²) >= 11 is 0. The van der Waals surface area contributed by atoms with Crippen molar-refractivity contribution >= 4 is 19.2 Å². The molecule has 0 aromatic heterocycles. The van der Waals surface area contributed by atoms with Gasteiger partial charge in [0, 0.05) is 6.61 Å². The number of esters is 1. The Morgan fingerprint density at radius 1 is 0.895 bits per heavy atom. The predicted molar refractivity (Wildman–Crippen MR) is 161 cm³/mol. The Morgan fingerprint density at radius 3 is 2.11 bits per heavy atom. The van der Waals surface area contributed by atoms with Gasteiger partial charge in [-0.15, -0.1) is 0 Å². The summed E-state index contributed by atoms with van der Waals surface area (Å²) in [7, 11) is -1.27. The average molecular weight is 543 g/mol. The molecule has 0 bridgehead atoms. The number of ether oxygens (including phenoxy) is 2. The summed E-state index contributed by atoms with van der Waals surface area (Å²) in [6, 6.07) is 11.3. The number of aliphatic hydroxyl groups is 1. The lowest BCUT2D eigenvalue weighted by atomic mass is 9.69. The number of hydrogen-bond donors (Lipinski definition) is 1. The van der Waals surface area contributed by atoms with Crippen LogP contribution in [0.5, 0.6) is 0 Å². The topological polar surface area (TPSA) is 55.8 Å². The number of carbonyl (C=O) groups excluding carboxylic acids is 1. The standard InChI is InChI=1S/C33H54O4Si/c1-5-6-24-38(3,4)32-20-16-30(17-21-32)28-12-10-27(11-13-28)29-14-18-31(19-15-29)36-22-8-7-9-23-37-33(35)26(2)25-34/h16-17,20-21,27-29,31,34H,2,5-15,18-19,22-25H2,1,3-4H3. The summed E-state index contributed by atoms with van der Waals surface area (Å²) in [5.74, 6) is 2.08. The summed E-state index contributed by atoms with van der Waals surface area (Å²) < 4.78 is 11.3. The van der Waals surface area contributed by atoms with Crippen LogP contribution < -0.4 is 5.19 Å². The molecule has 0 saturated heterocycles. The van der Waals surface area contributed by atoms with Crippen LogP contribution in [0, 0.1) is 11.8 Å². The van der Waals surface area contributed by atoms with Crippen molar-refractivity contribution in [3.05, 3.63) is 42.0 Å². The van der Waals surface area contributed by atoms with Crippen LogP contribution in [0.4, 0.5) is 0 Å². The van der Waals surface area contributed by atoms with Crippen molar-refractivity contribution in [1.82, 2.24) is 0 Å². The summed E-state index contributed by atoms with van der Waals surface area (Å²) in [6.07, 6.45) is 16.5. The molecule has 1 aromatic rings. The van der Waals surface area contributed by atoms with Crippen molar-refractivity contribution < 1.29 is 19.4 Å². The van der Waals surface area contributed by atoms with Gasteiger partial charge in [0.05, 0.1) is 33.0 Å². The summed E-state index contributed by atoms with van der Waals surface area (Å²) in [5.41, 5.74) is 1.70. The molecule has 0 unspecified atom stereocenters. The first-order chi connectivity index (χ1) is 18.3. The first-order valence-electron chi connectivity index (χ1n) is 15.5. The van der Waals surface area contributed by atoms with Crippen molar-refractivity contribution in [1.29, 1.82) is 0 Å². The third kappa shape index (κ3) is 9.64. The fourth-order valence-corrected chi connectivity index (χ4v) is 9.18. The zero-order chi connectivity index (χ0) is 27.4. The molecule has 5 heteroatoms. The maximum atomic E-state index is 11.5. The van der Waals surface area contributed by atoms with E-state index in [9.17, 15) is 4.79 Å². The third-order valence-electron chi connectivity index (χ3n) is 9.33. The lowest BCUT2D eigenvalue weighted by Gasteiger charge is -2.38. The number of aliphatic hydroxyl groups excluding tert-OH is 1. The fourth-order valence-electron chi connectivity index (χ4n) is 6.58. The highest BCUT2D eigenvalue weighted by Gasteiger charge is 2.32. The molecule has 1 aromatic carbocycles. The van der Waals surface area contributed by atoms with E-state index in [1.165, 1.54) is 70.3 Å². The molecule has 0 aliphatic heterocycles. The Labute approximate surface area is 233 Å². The molecule has 0 heterocycles. The van der Waals surface area contributed by atoms with Crippen molar-refractivity contribution in [2.45, 2.75) is 122 Å². The van der Waals surface area contributed by atoms with E-state index < -0.39 is 14.0 Å². The van der Waals surface area contributed by atoms with Gasteiger partial charge in [-0.25, -0.2) is 4.79 Å². The molecule has 2 fully saturated rings. The Morgan fingerprint density at radius 2 is 1.50 bits per heavy atom. The quantitative estimate of drug-likeness (QED) is 0.108. The minimum atomic E-state index is -1.27. The maximum absolute atomic E-state index is 11.5. The van der Waals surface area contributed by atoms with Gasteiger partial charge in [0.1, 0.15) is 0 Å². The second-order valence-corrected chi connectivity index (χ2v) is 17.4. The van der Waals surface area contributed by atoms with Crippen molar-refractivity contribution in [3.8, 4) is 0 Å². The lowest BCUT2D eigenvalue weighted by Crippen LogP contribution is -2.41. The van der Waals surface area contributed by atoms with Gasteiger partial charge in [0.2, 0.25) is 0 Å². The van der Waals surface area contributed by atoms with Crippen LogP contribution in [0.2, 0.25) is 19.1 Å². The Bertz CT molecular complexity index is 833. The molecular formula is C33H54O4Si. The van der Waals surface area contributed by atoms with E-state index in [0.29, 0.717) is 12.7 Å². The second kappa shape index (κ2) is 16.0. The number of benzene rings is 1. The van der Waals surface area contributed by atoms with E-state index >= 15 is 0 Å². The van der Waals surface area contributed by atoms with Crippen LogP contribution in [-0.2, 0) is 14.3 Å². The molecule has 38 heavy (non-hydrogen) atoms. The zero-order valence-corrected chi connectivity index (χ0v) is 25.5. The van der Waals surface area contributed by atoms with E-state index in [-0.39, 0.29) is 12.2 Å². The minimum Gasteiger partial charge on any atom is -0.462 e. The van der Waals surface area contributed by atoms with Crippen LogP contribution in [0.1, 0.15) is 102 Å². The summed E-state index contributed by atoms with van der Waals surface area (Å²) in [6.45, 7) is 11.7. The molecule has 0 radical (unpaired) electrons. The molecule has 0 spiro atoms. The monoisotopic (exact) mass is 542 g/mol. The maximum Gasteiger partial charge on any atom is 0.335 e. The summed E-state index contributed by atoms with van der Waals surface area (Å²) in [4.78, 5) is 11.5. The SMILES string of the molecule is C=C(CO)C(=O)OCCCCCOC1CCC(C2CCC(c3ccc([Si](C)(C)CCCC)cc3)CC2)CC1. The lowest BCUT2D eigenvalue weighted by molar-refractivity contribution is -0.139. The van der Waals surface area contributed by atoms with Crippen molar-refractivity contribution in [3.63, 3.8) is 0 Å². The molecule has 0 atom stereocenters. The first-order valence-corrected chi connectivity index (χ1v) is 18.7. The summed E-state index contributed by atoms with van der Waals surface area (Å²) in [5, 5.41) is 10.5. The van der Waals surface area contributed by atoms with Crippen LogP contribution in [0.25, 0.3) is 0 Å². The Hall–Kier alpha value is -1.43. The van der Waals surface area contributed by atoms with Crippen LogP contribution >= 0.6 is 0 Å². The predicted octanol–water partition coefficient (Wildman–Crippen LogP) is 7.51. The zero-order valence-electron chi connectivity index (χ0n) is 24.5. The van der Waals surface area contributed by atoms with Gasteiger partial charge < -0.3 is 14.6 Å². The van der Waals surface area contributed by atoms with E-state index in [4.69, 9.17) is 14.6 Å². The molecule has 2 saturated carbocycles. The van der Waals surface area contributed by atoms with Crippen molar-refractivity contribution in [2.75, 3.05) is 19.8 Å². The van der Waals surface area contributed by atoms with Gasteiger partial charge in [-0.2, -0.15) is 0 Å². The van der Waals surface area contributed by atoms with E-state index in [1.807, 2.05) is 0 Å². The van der Waals surface area contributed by atoms with E-state index in [0.717, 1.165) is 43.6 Å². The minimum absolute atomic E-state index is 0.116. The van der Waals surface area contributed by atoms with Gasteiger partial charge in [0.25, 0.3) is 0 Å². The number of carbonyl (C=O) groups is 1. The molecule has 1 N–H and O–H groups in total. The second-order valence-electron chi connectivity index (χ2n) is 12.6. The highest BCUT2D eigenvalue weighted by Crippen LogP contribution is 2.43. The fraction of sp³-hybridized carbons (Fsp3) is 0.727. The van der Waals surface area contributed by atoms with E-state index in [2.05, 4.69) is 50.9 Å². The highest BCUT2D eigenvalue weighted by molar-refractivity contribution is 6.89. The first kappa shape index (κ1) is 31.1. The molecule has 2 aliphatic carbocycles. The Kier molecular flexibility index (Phi) is 13.1. The molecule has 2 aliphatic rings. The van der Waals surface area contributed by atoms with Gasteiger partial charge in [-0.05, 0) is 93.9 Å². The molecule has 3 rings (SSSR count). The van der Waals surface area contributed by atoms with Gasteiger partial charge in [0.15, 0.2) is 0 Å². The number of unbranched alkanes of at least 4 members (excludes halogenated alkanes) is 3. The van der Waals surface area contributed by atoms with Crippen LogP contribution in [-0.4, -0.2) is 45.1 Å². The molecule has 0 amide bonds. The molecule has 4 nitrogen and oxygen atoms in total. The van der Waals surface area contributed by atoms with Crippen LogP contribution in [0.15, 0.2) is 36.4 Å². The number of rotatable bonds is 15. The van der Waals surface area contributed by atoms with Gasteiger partial charge >= 0.3 is 5.97 Å². The van der Waals surface area contributed by atoms with E-state index in [1.54, 1.807) is 10.8 Å². The van der Waals surface area contributed by atoms with Crippen LogP contribution in [0.3, 0.4) is 0 Å². The van der Waals surface area contributed by atoms with Gasteiger partial charge in [-0.3, -0.25) is 0 Å².